The van der Waals surface area contributed by atoms with Crippen molar-refractivity contribution in [3.05, 3.63) is 70.2 Å². The molecule has 0 amide bonds. The van der Waals surface area contributed by atoms with Crippen LogP contribution in [0.25, 0.3) is 38.0 Å². The van der Waals surface area contributed by atoms with Gasteiger partial charge in [-0.25, -0.2) is 4.85 Å². The number of aromatic nitrogens is 1. The standard InChI is InChI=1S/C26H27N2O/c1-15(2)10-19-12-18(5)28(7)22(13-19)25-16(3)8-9-21-24-17(4)11-20(27-6)14-23(24)29-26(21)25/h8-9,11-15H,10H2,1-5,7H3/q+1/i4D3,10D2,12D,13D. The lowest BCUT2D eigenvalue weighted by atomic mass is 9.96. The SMILES string of the molecule is [2H]c1c(C([2H])([2H])C(C)C)c([2H])c(-c2c(C)ccc3c2oc2cc([N+]#[C-])cc(C([2H])([2H])[2H])c23)[n+](C)c1C. The van der Waals surface area contributed by atoms with Gasteiger partial charge in [0.2, 0.25) is 5.69 Å². The Kier molecular flexibility index (Phi) is 3.02. The Morgan fingerprint density at radius 1 is 1.24 bits per heavy atom. The summed E-state index contributed by atoms with van der Waals surface area (Å²) in [6.45, 7) is 11.9. The van der Waals surface area contributed by atoms with Crippen molar-refractivity contribution < 1.29 is 18.6 Å². The Morgan fingerprint density at radius 2 is 2.03 bits per heavy atom. The molecule has 0 radical (unpaired) electrons. The van der Waals surface area contributed by atoms with Crippen LogP contribution >= 0.6 is 0 Å². The average Bonchev–Trinajstić information content (AvgIpc) is 3.15. The molecular formula is C26H27N2O+. The van der Waals surface area contributed by atoms with Gasteiger partial charge in [-0.05, 0) is 48.8 Å². The molecule has 0 atom stereocenters. The van der Waals surface area contributed by atoms with E-state index in [0.29, 0.717) is 33.3 Å². The highest BCUT2D eigenvalue weighted by Gasteiger charge is 2.23. The first kappa shape index (κ1) is 12.4. The highest BCUT2D eigenvalue weighted by Crippen LogP contribution is 2.40. The lowest BCUT2D eigenvalue weighted by Gasteiger charge is -2.11. The Hall–Kier alpha value is -3.12. The van der Waals surface area contributed by atoms with Gasteiger partial charge in [0.25, 0.3) is 0 Å². The zero-order chi connectivity index (χ0) is 26.9. The monoisotopic (exact) mass is 390 g/mol. The van der Waals surface area contributed by atoms with Gasteiger partial charge in [0, 0.05) is 36.6 Å². The molecule has 0 N–H and O–H groups in total. The number of nitrogens with zero attached hydrogens (tertiary/aromatic N) is 2. The van der Waals surface area contributed by atoms with E-state index in [1.807, 2.05) is 13.0 Å². The fourth-order valence-electron chi connectivity index (χ4n) is 3.67. The Balaban J connectivity index is 2.22. The molecule has 146 valence electrons. The first-order valence-corrected chi connectivity index (χ1v) is 9.51. The third-order valence-electron chi connectivity index (χ3n) is 5.12. The zero-order valence-electron chi connectivity index (χ0n) is 24.2. The van der Waals surface area contributed by atoms with E-state index in [1.54, 1.807) is 38.5 Å². The number of aryl methyl sites for hydroxylation is 2. The van der Waals surface area contributed by atoms with Gasteiger partial charge in [-0.15, -0.1) is 0 Å². The van der Waals surface area contributed by atoms with E-state index in [-0.39, 0.29) is 34.5 Å². The predicted octanol–water partition coefficient (Wildman–Crippen LogP) is 6.75. The maximum Gasteiger partial charge on any atom is 0.216 e. The quantitative estimate of drug-likeness (QED) is 0.280. The van der Waals surface area contributed by atoms with Crippen LogP contribution in [0.3, 0.4) is 0 Å². The molecule has 4 aromatic rings. The van der Waals surface area contributed by atoms with Gasteiger partial charge in [-0.2, -0.15) is 4.57 Å². The highest BCUT2D eigenvalue weighted by atomic mass is 16.3. The van der Waals surface area contributed by atoms with E-state index >= 15 is 0 Å². The summed E-state index contributed by atoms with van der Waals surface area (Å²) in [5.41, 5.74) is 2.95. The minimum Gasteiger partial charge on any atom is -0.456 e. The molecule has 0 fully saturated rings. The second-order valence-electron chi connectivity index (χ2n) is 7.63. The number of hydrogen-bond acceptors (Lipinski definition) is 1. The Labute approximate surface area is 182 Å². The van der Waals surface area contributed by atoms with Gasteiger partial charge in [0.1, 0.15) is 18.2 Å². The molecule has 2 heterocycles. The van der Waals surface area contributed by atoms with Gasteiger partial charge < -0.3 is 4.42 Å². The first-order chi connectivity index (χ1) is 16.6. The van der Waals surface area contributed by atoms with Crippen molar-refractivity contribution in [1.29, 1.82) is 0 Å². The van der Waals surface area contributed by atoms with E-state index in [2.05, 4.69) is 4.85 Å². The molecule has 0 aliphatic rings. The second-order valence-corrected chi connectivity index (χ2v) is 7.63. The number of furan rings is 1. The summed E-state index contributed by atoms with van der Waals surface area (Å²) in [7, 11) is 1.72. The summed E-state index contributed by atoms with van der Waals surface area (Å²) in [5.74, 6) is -0.470. The summed E-state index contributed by atoms with van der Waals surface area (Å²) in [4.78, 5) is 3.41. The third kappa shape index (κ3) is 3.19. The molecule has 0 aliphatic carbocycles. The molecule has 0 unspecified atom stereocenters. The fourth-order valence-corrected chi connectivity index (χ4v) is 3.67. The van der Waals surface area contributed by atoms with Crippen molar-refractivity contribution in [2.45, 2.75) is 40.9 Å². The molecule has 2 aromatic heterocycles. The summed E-state index contributed by atoms with van der Waals surface area (Å²) < 4.78 is 67.1. The maximum absolute atomic E-state index is 9.07. The summed E-state index contributed by atoms with van der Waals surface area (Å²) in [5, 5.41) is 0.924. The van der Waals surface area contributed by atoms with Crippen molar-refractivity contribution in [3.63, 3.8) is 0 Å². The van der Waals surface area contributed by atoms with Gasteiger partial charge >= 0.3 is 0 Å². The van der Waals surface area contributed by atoms with Crippen LogP contribution in [-0.4, -0.2) is 0 Å². The normalized spacial score (nSPS) is 16.0. The van der Waals surface area contributed by atoms with Crippen LogP contribution in [-0.2, 0) is 13.4 Å². The molecule has 3 nitrogen and oxygen atoms in total. The Bertz CT molecular complexity index is 1590. The summed E-state index contributed by atoms with van der Waals surface area (Å²) >= 11 is 0. The van der Waals surface area contributed by atoms with Crippen LogP contribution in [0.15, 0.2) is 40.8 Å². The van der Waals surface area contributed by atoms with Crippen LogP contribution < -0.4 is 4.57 Å². The minimum absolute atomic E-state index is 0.00841. The van der Waals surface area contributed by atoms with Gasteiger partial charge in [0.05, 0.1) is 14.9 Å². The van der Waals surface area contributed by atoms with Gasteiger partial charge in [-0.3, -0.25) is 0 Å². The number of rotatable bonds is 3. The smallest absolute Gasteiger partial charge is 0.216 e. The number of fused-ring (bicyclic) bond motifs is 3. The zero-order valence-corrected chi connectivity index (χ0v) is 17.2. The van der Waals surface area contributed by atoms with E-state index < -0.39 is 19.1 Å². The van der Waals surface area contributed by atoms with E-state index in [0.717, 1.165) is 5.56 Å². The van der Waals surface area contributed by atoms with E-state index in [1.165, 1.54) is 12.1 Å². The van der Waals surface area contributed by atoms with Crippen molar-refractivity contribution in [3.8, 4) is 11.3 Å². The molecule has 2 aromatic carbocycles. The lowest BCUT2D eigenvalue weighted by Crippen LogP contribution is -2.35. The molecule has 0 bridgehead atoms. The first-order valence-electron chi connectivity index (χ1n) is 13.0. The van der Waals surface area contributed by atoms with Gasteiger partial charge in [0.15, 0.2) is 11.4 Å². The highest BCUT2D eigenvalue weighted by molar-refractivity contribution is 6.11. The summed E-state index contributed by atoms with van der Waals surface area (Å²) in [6.07, 6.45) is -1.92. The van der Waals surface area contributed by atoms with E-state index in [4.69, 9.17) is 20.6 Å². The molecular weight excluding hydrogens is 356 g/mol. The minimum atomic E-state index is -2.48. The van der Waals surface area contributed by atoms with Crippen LogP contribution in [0.5, 0.6) is 0 Å². The van der Waals surface area contributed by atoms with Crippen LogP contribution in [0.1, 0.15) is 45.8 Å². The predicted molar refractivity (Wildman–Crippen MR) is 119 cm³/mol. The lowest BCUT2D eigenvalue weighted by molar-refractivity contribution is -0.666. The molecule has 3 heteroatoms. The van der Waals surface area contributed by atoms with Crippen LogP contribution in [0.4, 0.5) is 5.69 Å². The summed E-state index contributed by atoms with van der Waals surface area (Å²) in [6, 6.07) is 6.33. The number of benzene rings is 2. The Morgan fingerprint density at radius 3 is 2.72 bits per heavy atom. The number of hydrogen-bond donors (Lipinski definition) is 0. The molecule has 29 heavy (non-hydrogen) atoms. The van der Waals surface area contributed by atoms with Crippen molar-refractivity contribution in [2.24, 2.45) is 13.0 Å². The molecule has 0 spiro atoms. The molecule has 0 saturated heterocycles. The van der Waals surface area contributed by atoms with E-state index in [9.17, 15) is 0 Å². The largest absolute Gasteiger partial charge is 0.456 e. The third-order valence-corrected chi connectivity index (χ3v) is 5.12. The van der Waals surface area contributed by atoms with Crippen LogP contribution in [0.2, 0.25) is 0 Å². The topological polar surface area (TPSA) is 21.4 Å². The maximum atomic E-state index is 9.07. The second kappa shape index (κ2) is 7.04. The average molecular weight is 391 g/mol. The van der Waals surface area contributed by atoms with Crippen molar-refractivity contribution in [1.82, 2.24) is 0 Å². The molecule has 4 rings (SSSR count). The number of pyridine rings is 1. The fraction of sp³-hybridized carbons (Fsp3) is 0.308. The van der Waals surface area contributed by atoms with Crippen LogP contribution in [0, 0.1) is 33.2 Å². The van der Waals surface area contributed by atoms with Crippen molar-refractivity contribution in [2.75, 3.05) is 0 Å². The molecule has 0 aliphatic heterocycles. The molecule has 0 saturated carbocycles. The van der Waals surface area contributed by atoms with Crippen molar-refractivity contribution >= 4 is 27.6 Å². The van der Waals surface area contributed by atoms with Gasteiger partial charge in [-0.1, -0.05) is 32.0 Å².